The van der Waals surface area contributed by atoms with E-state index in [9.17, 15) is 4.79 Å². The largest absolute Gasteiger partial charge is 0.365 e. The van der Waals surface area contributed by atoms with E-state index in [0.29, 0.717) is 11.1 Å². The lowest BCUT2D eigenvalue weighted by atomic mass is 9.99. The van der Waals surface area contributed by atoms with Gasteiger partial charge in [-0.05, 0) is 43.9 Å². The highest BCUT2D eigenvalue weighted by atomic mass is 35.5. The molecule has 4 heteroatoms. The van der Waals surface area contributed by atoms with Crippen molar-refractivity contribution in [3.05, 3.63) is 38.8 Å². The van der Waals surface area contributed by atoms with Gasteiger partial charge in [-0.25, -0.2) is 0 Å². The number of rotatable bonds is 2. The summed E-state index contributed by atoms with van der Waals surface area (Å²) in [6.45, 7) is 3.20. The Bertz CT molecular complexity index is 682. The maximum absolute atomic E-state index is 12.7. The maximum atomic E-state index is 12.7. The van der Waals surface area contributed by atoms with Gasteiger partial charge in [0.15, 0.2) is 0 Å². The summed E-state index contributed by atoms with van der Waals surface area (Å²) < 4.78 is 1.01. The van der Waals surface area contributed by atoms with Crippen molar-refractivity contribution in [2.75, 3.05) is 11.4 Å². The molecule has 0 radical (unpaired) electrons. The summed E-state index contributed by atoms with van der Waals surface area (Å²) in [4.78, 5) is 15.1. The van der Waals surface area contributed by atoms with E-state index in [1.165, 1.54) is 19.3 Å². The Hall–Kier alpha value is -1.06. The SMILES string of the molecule is CC[C@@H]1CCCCN1c1csc2ccc(Cl)cc2c1=O. The normalized spacial score (nSPS) is 19.5. The second kappa shape index (κ2) is 5.74. The molecule has 1 fully saturated rings. The van der Waals surface area contributed by atoms with Crippen molar-refractivity contribution in [3.63, 3.8) is 0 Å². The predicted molar refractivity (Wildman–Crippen MR) is 88.4 cm³/mol. The van der Waals surface area contributed by atoms with Crippen molar-refractivity contribution in [1.82, 2.24) is 0 Å². The molecule has 2 aromatic rings. The Morgan fingerprint density at radius 1 is 1.40 bits per heavy atom. The van der Waals surface area contributed by atoms with Gasteiger partial charge in [0, 0.05) is 33.1 Å². The first-order valence-corrected chi connectivity index (χ1v) is 8.44. The van der Waals surface area contributed by atoms with Crippen LogP contribution in [0.1, 0.15) is 32.6 Å². The molecule has 106 valence electrons. The van der Waals surface area contributed by atoms with E-state index < -0.39 is 0 Å². The van der Waals surface area contributed by atoms with Crippen molar-refractivity contribution < 1.29 is 0 Å². The summed E-state index contributed by atoms with van der Waals surface area (Å²) in [5, 5.41) is 3.40. The number of anilines is 1. The molecule has 0 saturated carbocycles. The van der Waals surface area contributed by atoms with Crippen LogP contribution in [0.3, 0.4) is 0 Å². The average Bonchev–Trinajstić information content (AvgIpc) is 2.48. The van der Waals surface area contributed by atoms with Crippen LogP contribution >= 0.6 is 22.9 Å². The minimum absolute atomic E-state index is 0.126. The molecule has 0 amide bonds. The molecule has 1 aliphatic heterocycles. The molecule has 1 aromatic carbocycles. The van der Waals surface area contributed by atoms with Gasteiger partial charge in [0.1, 0.15) is 0 Å². The Labute approximate surface area is 128 Å². The van der Waals surface area contributed by atoms with Crippen molar-refractivity contribution in [1.29, 1.82) is 0 Å². The summed E-state index contributed by atoms with van der Waals surface area (Å²) in [5.41, 5.74) is 0.984. The minimum atomic E-state index is 0.126. The highest BCUT2D eigenvalue weighted by Crippen LogP contribution is 2.28. The van der Waals surface area contributed by atoms with Gasteiger partial charge < -0.3 is 4.90 Å². The van der Waals surface area contributed by atoms with Crippen LogP contribution in [0.25, 0.3) is 10.1 Å². The number of nitrogens with zero attached hydrogens (tertiary/aromatic N) is 1. The third kappa shape index (κ3) is 2.45. The Kier molecular flexibility index (Phi) is 3.99. The fourth-order valence-corrected chi connectivity index (χ4v) is 4.11. The topological polar surface area (TPSA) is 20.3 Å². The van der Waals surface area contributed by atoms with Gasteiger partial charge in [-0.1, -0.05) is 18.5 Å². The third-order valence-electron chi connectivity index (χ3n) is 4.12. The second-order valence-electron chi connectivity index (χ2n) is 5.34. The molecule has 0 spiro atoms. The van der Waals surface area contributed by atoms with E-state index in [2.05, 4.69) is 11.8 Å². The highest BCUT2D eigenvalue weighted by molar-refractivity contribution is 7.16. The predicted octanol–water partition coefficient (Wildman–Crippen LogP) is 4.68. The zero-order chi connectivity index (χ0) is 14.1. The van der Waals surface area contributed by atoms with Gasteiger partial charge in [0.05, 0.1) is 5.69 Å². The van der Waals surface area contributed by atoms with Gasteiger partial charge >= 0.3 is 0 Å². The van der Waals surface area contributed by atoms with Crippen molar-refractivity contribution >= 4 is 38.7 Å². The van der Waals surface area contributed by atoms with Crippen LogP contribution in [0.4, 0.5) is 5.69 Å². The number of benzene rings is 1. The van der Waals surface area contributed by atoms with Crippen LogP contribution in [0, 0.1) is 0 Å². The fraction of sp³-hybridized carbons (Fsp3) is 0.438. The number of hydrogen-bond donors (Lipinski definition) is 0. The van der Waals surface area contributed by atoms with Gasteiger partial charge in [0.25, 0.3) is 0 Å². The number of fused-ring (bicyclic) bond motifs is 1. The Morgan fingerprint density at radius 2 is 2.25 bits per heavy atom. The van der Waals surface area contributed by atoms with Gasteiger partial charge in [0.2, 0.25) is 5.43 Å². The standard InChI is InChI=1S/C16H18ClNOS/c1-2-12-5-3-4-8-18(12)14-10-20-15-7-6-11(17)9-13(15)16(14)19/h6-7,9-10,12H,2-5,8H2,1H3/t12-/m1/s1. The van der Waals surface area contributed by atoms with Crippen LogP contribution in [0.15, 0.2) is 28.4 Å². The molecule has 1 atom stereocenters. The van der Waals surface area contributed by atoms with Crippen LogP contribution in [-0.4, -0.2) is 12.6 Å². The van der Waals surface area contributed by atoms with Crippen LogP contribution in [-0.2, 0) is 0 Å². The molecular formula is C16H18ClNOS. The fourth-order valence-electron chi connectivity index (χ4n) is 3.03. The third-order valence-corrected chi connectivity index (χ3v) is 5.31. The van der Waals surface area contributed by atoms with E-state index in [1.54, 1.807) is 17.4 Å². The van der Waals surface area contributed by atoms with Crippen molar-refractivity contribution in [2.45, 2.75) is 38.6 Å². The molecule has 2 heterocycles. The smallest absolute Gasteiger partial charge is 0.211 e. The zero-order valence-corrected chi connectivity index (χ0v) is 13.1. The van der Waals surface area contributed by atoms with E-state index >= 15 is 0 Å². The first kappa shape index (κ1) is 13.9. The summed E-state index contributed by atoms with van der Waals surface area (Å²) in [7, 11) is 0. The lowest BCUT2D eigenvalue weighted by Gasteiger charge is -2.36. The molecule has 20 heavy (non-hydrogen) atoms. The zero-order valence-electron chi connectivity index (χ0n) is 11.6. The van der Waals surface area contributed by atoms with Gasteiger partial charge in [-0.2, -0.15) is 0 Å². The number of halogens is 1. The minimum Gasteiger partial charge on any atom is -0.365 e. The average molecular weight is 308 g/mol. The Balaban J connectivity index is 2.11. The molecule has 0 unspecified atom stereocenters. The maximum Gasteiger partial charge on any atom is 0.211 e. The number of hydrogen-bond acceptors (Lipinski definition) is 3. The Morgan fingerprint density at radius 3 is 3.05 bits per heavy atom. The second-order valence-corrected chi connectivity index (χ2v) is 6.69. The summed E-state index contributed by atoms with van der Waals surface area (Å²) in [5.74, 6) is 0. The van der Waals surface area contributed by atoms with E-state index in [0.717, 1.165) is 28.7 Å². The van der Waals surface area contributed by atoms with Gasteiger partial charge in [-0.3, -0.25) is 4.79 Å². The molecule has 2 nitrogen and oxygen atoms in total. The highest BCUT2D eigenvalue weighted by Gasteiger charge is 2.23. The van der Waals surface area contributed by atoms with Crippen LogP contribution < -0.4 is 10.3 Å². The lowest BCUT2D eigenvalue weighted by Crippen LogP contribution is -2.41. The molecule has 0 aliphatic carbocycles. The summed E-state index contributed by atoms with van der Waals surface area (Å²) in [6.07, 6.45) is 4.73. The van der Waals surface area contributed by atoms with Crippen LogP contribution in [0.2, 0.25) is 5.02 Å². The lowest BCUT2D eigenvalue weighted by molar-refractivity contribution is 0.449. The quantitative estimate of drug-likeness (QED) is 0.802. The van der Waals surface area contributed by atoms with Crippen molar-refractivity contribution in [2.24, 2.45) is 0 Å². The molecule has 0 N–H and O–H groups in total. The molecule has 3 rings (SSSR count). The first-order valence-electron chi connectivity index (χ1n) is 7.18. The summed E-state index contributed by atoms with van der Waals surface area (Å²) >= 11 is 7.67. The first-order chi connectivity index (χ1) is 9.70. The van der Waals surface area contributed by atoms with Crippen molar-refractivity contribution in [3.8, 4) is 0 Å². The van der Waals surface area contributed by atoms with E-state index in [1.807, 2.05) is 17.5 Å². The summed E-state index contributed by atoms with van der Waals surface area (Å²) in [6, 6.07) is 6.07. The molecular weight excluding hydrogens is 290 g/mol. The van der Waals surface area contributed by atoms with Gasteiger partial charge in [-0.15, -0.1) is 11.3 Å². The monoisotopic (exact) mass is 307 g/mol. The number of piperidine rings is 1. The van der Waals surface area contributed by atoms with Crippen LogP contribution in [0.5, 0.6) is 0 Å². The van der Waals surface area contributed by atoms with E-state index in [4.69, 9.17) is 11.6 Å². The molecule has 1 aromatic heterocycles. The van der Waals surface area contributed by atoms with E-state index in [-0.39, 0.29) is 5.43 Å². The molecule has 1 aliphatic rings. The molecule has 1 saturated heterocycles. The molecule has 0 bridgehead atoms.